The molecule has 134 valence electrons. The number of hydrogen-bond donors (Lipinski definition) is 1. The van der Waals surface area contributed by atoms with E-state index in [4.69, 9.17) is 0 Å². The molecule has 5 heteroatoms. The minimum Gasteiger partial charge on any atom is -0.358 e. The van der Waals surface area contributed by atoms with Crippen LogP contribution in [0.1, 0.15) is 43.7 Å². The van der Waals surface area contributed by atoms with Crippen LogP contribution in [0, 0.1) is 5.41 Å². The molecular formula is C22H20N4O. The van der Waals surface area contributed by atoms with Crippen molar-refractivity contribution in [3.05, 3.63) is 71.6 Å². The second-order valence-electron chi connectivity index (χ2n) is 8.16. The number of allylic oxidation sites excluding steroid dienone is 2. The number of carbonyl (C=O) groups is 1. The van der Waals surface area contributed by atoms with Crippen molar-refractivity contribution in [1.29, 1.82) is 0 Å². The van der Waals surface area contributed by atoms with Crippen molar-refractivity contribution < 1.29 is 4.79 Å². The van der Waals surface area contributed by atoms with Crippen molar-refractivity contribution in [2.24, 2.45) is 5.41 Å². The lowest BCUT2D eigenvalue weighted by Gasteiger charge is -2.39. The number of ketones is 1. The number of Topliss-reactive ketones (excluding diaryl/α,β-unsaturated/α-hetero) is 1. The largest absolute Gasteiger partial charge is 0.358 e. The molecule has 3 heterocycles. The summed E-state index contributed by atoms with van der Waals surface area (Å²) in [6.45, 7) is 4.30. The maximum atomic E-state index is 13.2. The van der Waals surface area contributed by atoms with Gasteiger partial charge in [-0.05, 0) is 35.6 Å². The Morgan fingerprint density at radius 1 is 1.11 bits per heavy atom. The molecule has 0 bridgehead atoms. The molecule has 1 unspecified atom stereocenters. The van der Waals surface area contributed by atoms with E-state index in [1.807, 2.05) is 24.5 Å². The molecule has 0 saturated carbocycles. The summed E-state index contributed by atoms with van der Waals surface area (Å²) in [5, 5.41) is 4.62. The van der Waals surface area contributed by atoms with Gasteiger partial charge in [-0.3, -0.25) is 9.78 Å². The van der Waals surface area contributed by atoms with Gasteiger partial charge in [-0.25, -0.2) is 9.97 Å². The smallest absolute Gasteiger partial charge is 0.162 e. The van der Waals surface area contributed by atoms with E-state index in [2.05, 4.69) is 46.2 Å². The van der Waals surface area contributed by atoms with Crippen LogP contribution in [0.15, 0.2) is 60.5 Å². The summed E-state index contributed by atoms with van der Waals surface area (Å²) in [4.78, 5) is 26.2. The van der Waals surface area contributed by atoms with Crippen LogP contribution in [0.2, 0.25) is 0 Å². The van der Waals surface area contributed by atoms with Gasteiger partial charge in [0.25, 0.3) is 0 Å². The molecule has 2 aliphatic rings. The number of pyridine rings is 1. The zero-order valence-electron chi connectivity index (χ0n) is 15.4. The van der Waals surface area contributed by atoms with Crippen LogP contribution in [-0.4, -0.2) is 20.7 Å². The molecule has 0 fully saturated rings. The highest BCUT2D eigenvalue weighted by molar-refractivity contribution is 6.04. The topological polar surface area (TPSA) is 67.8 Å². The Bertz CT molecular complexity index is 1100. The summed E-state index contributed by atoms with van der Waals surface area (Å²) in [5.41, 5.74) is 5.82. The van der Waals surface area contributed by atoms with Gasteiger partial charge in [-0.15, -0.1) is 0 Å². The van der Waals surface area contributed by atoms with Gasteiger partial charge in [-0.2, -0.15) is 0 Å². The third-order valence-corrected chi connectivity index (χ3v) is 5.52. The second kappa shape index (κ2) is 5.71. The van der Waals surface area contributed by atoms with Gasteiger partial charge < -0.3 is 5.32 Å². The standard InChI is InChI=1S/C22H20N4O/c1-22(2)8-17-21(18(27)9-22)19(13-10-23-12-24-11-13)20-14-4-3-7-25-15(14)5-6-16(20)26-17/h3-7,10-12,19,26H,8-9H2,1-2H3. The van der Waals surface area contributed by atoms with E-state index in [-0.39, 0.29) is 17.1 Å². The summed E-state index contributed by atoms with van der Waals surface area (Å²) in [6.07, 6.45) is 8.36. The fourth-order valence-corrected chi connectivity index (χ4v) is 4.48. The van der Waals surface area contributed by atoms with E-state index in [1.54, 1.807) is 6.20 Å². The minimum atomic E-state index is -0.172. The Hall–Kier alpha value is -3.08. The van der Waals surface area contributed by atoms with Gasteiger partial charge >= 0.3 is 0 Å². The average molecular weight is 356 g/mol. The molecule has 0 amide bonds. The van der Waals surface area contributed by atoms with Crippen molar-refractivity contribution in [2.45, 2.75) is 32.6 Å². The lowest BCUT2D eigenvalue weighted by molar-refractivity contribution is -0.118. The van der Waals surface area contributed by atoms with E-state index in [9.17, 15) is 4.79 Å². The number of aromatic nitrogens is 3. The summed E-state index contributed by atoms with van der Waals surface area (Å²) in [5.74, 6) is 0.0306. The lowest BCUT2D eigenvalue weighted by atomic mass is 9.68. The monoisotopic (exact) mass is 356 g/mol. The van der Waals surface area contributed by atoms with Crippen LogP contribution in [0.4, 0.5) is 5.69 Å². The first-order chi connectivity index (χ1) is 13.0. The molecule has 5 nitrogen and oxygen atoms in total. The normalized spacial score (nSPS) is 20.8. The van der Waals surface area contributed by atoms with E-state index in [1.165, 1.54) is 6.33 Å². The predicted molar refractivity (Wildman–Crippen MR) is 104 cm³/mol. The lowest BCUT2D eigenvalue weighted by Crippen LogP contribution is -2.34. The highest BCUT2D eigenvalue weighted by Gasteiger charge is 2.41. The number of nitrogens with zero attached hydrogens (tertiary/aromatic N) is 3. The average Bonchev–Trinajstić information content (AvgIpc) is 2.66. The van der Waals surface area contributed by atoms with E-state index in [0.29, 0.717) is 6.42 Å². The number of hydrogen-bond acceptors (Lipinski definition) is 5. The van der Waals surface area contributed by atoms with Crippen LogP contribution in [0.5, 0.6) is 0 Å². The fraction of sp³-hybridized carbons (Fsp3) is 0.273. The summed E-state index contributed by atoms with van der Waals surface area (Å²) in [7, 11) is 0. The molecule has 0 spiro atoms. The van der Waals surface area contributed by atoms with Crippen molar-refractivity contribution in [2.75, 3.05) is 5.32 Å². The zero-order valence-corrected chi connectivity index (χ0v) is 15.4. The number of fused-ring (bicyclic) bond motifs is 3. The molecule has 27 heavy (non-hydrogen) atoms. The Kier molecular flexibility index (Phi) is 3.41. The number of anilines is 1. The number of rotatable bonds is 1. The first-order valence-electron chi connectivity index (χ1n) is 9.19. The summed E-state index contributed by atoms with van der Waals surface area (Å²) < 4.78 is 0. The second-order valence-corrected chi connectivity index (χ2v) is 8.16. The van der Waals surface area contributed by atoms with Crippen LogP contribution >= 0.6 is 0 Å². The van der Waals surface area contributed by atoms with Gasteiger partial charge in [0.1, 0.15) is 6.33 Å². The maximum Gasteiger partial charge on any atom is 0.162 e. The van der Waals surface area contributed by atoms with Crippen LogP contribution in [0.25, 0.3) is 10.9 Å². The molecule has 2 aromatic heterocycles. The van der Waals surface area contributed by atoms with Gasteiger partial charge in [-0.1, -0.05) is 19.9 Å². The Labute approximate surface area is 157 Å². The molecule has 1 aliphatic heterocycles. The molecule has 1 aromatic carbocycles. The molecule has 1 atom stereocenters. The van der Waals surface area contributed by atoms with Gasteiger partial charge in [0, 0.05) is 58.8 Å². The fourth-order valence-electron chi connectivity index (χ4n) is 4.48. The quantitative estimate of drug-likeness (QED) is 0.707. The first-order valence-corrected chi connectivity index (χ1v) is 9.19. The summed E-state index contributed by atoms with van der Waals surface area (Å²) >= 11 is 0. The van der Waals surface area contributed by atoms with Gasteiger partial charge in [0.15, 0.2) is 5.78 Å². The van der Waals surface area contributed by atoms with E-state index < -0.39 is 0 Å². The third kappa shape index (κ3) is 2.53. The van der Waals surface area contributed by atoms with Gasteiger partial charge in [0.05, 0.1) is 5.52 Å². The molecule has 5 rings (SSSR count). The number of carbonyl (C=O) groups excluding carboxylic acids is 1. The van der Waals surface area contributed by atoms with Crippen LogP contribution < -0.4 is 5.32 Å². The Morgan fingerprint density at radius 3 is 2.74 bits per heavy atom. The molecule has 1 aliphatic carbocycles. The molecule has 3 aromatic rings. The van der Waals surface area contributed by atoms with Crippen molar-refractivity contribution in [3.63, 3.8) is 0 Å². The van der Waals surface area contributed by atoms with E-state index >= 15 is 0 Å². The molecular weight excluding hydrogens is 336 g/mol. The molecule has 0 saturated heterocycles. The predicted octanol–water partition coefficient (Wildman–Crippen LogP) is 4.23. The highest BCUT2D eigenvalue weighted by atomic mass is 16.1. The van der Waals surface area contributed by atoms with Gasteiger partial charge in [0.2, 0.25) is 0 Å². The molecule has 0 radical (unpaired) electrons. The maximum absolute atomic E-state index is 13.2. The number of nitrogens with one attached hydrogen (secondary N) is 1. The Morgan fingerprint density at radius 2 is 1.93 bits per heavy atom. The summed E-state index contributed by atoms with van der Waals surface area (Å²) in [6, 6.07) is 8.11. The zero-order chi connectivity index (χ0) is 18.6. The molecule has 1 N–H and O–H groups in total. The SMILES string of the molecule is CC1(C)CC(=O)C2=C(C1)Nc1ccc3ncccc3c1C2c1cncnc1. The first kappa shape index (κ1) is 16.1. The van der Waals surface area contributed by atoms with Crippen molar-refractivity contribution in [3.8, 4) is 0 Å². The van der Waals surface area contributed by atoms with Crippen LogP contribution in [0.3, 0.4) is 0 Å². The highest BCUT2D eigenvalue weighted by Crippen LogP contribution is 2.50. The Balaban J connectivity index is 1.82. The van der Waals surface area contributed by atoms with Crippen molar-refractivity contribution in [1.82, 2.24) is 15.0 Å². The van der Waals surface area contributed by atoms with Crippen molar-refractivity contribution >= 4 is 22.4 Å². The number of benzene rings is 1. The van der Waals surface area contributed by atoms with E-state index in [0.717, 1.165) is 45.4 Å². The third-order valence-electron chi connectivity index (χ3n) is 5.52. The van der Waals surface area contributed by atoms with Crippen LogP contribution in [-0.2, 0) is 4.79 Å². The minimum absolute atomic E-state index is 0.0451.